The molecule has 2 rings (SSSR count). The zero-order valence-electron chi connectivity index (χ0n) is 16.3. The summed E-state index contributed by atoms with van der Waals surface area (Å²) < 4.78 is 38.1. The van der Waals surface area contributed by atoms with Gasteiger partial charge in [0.1, 0.15) is 13.2 Å². The number of hydrogen-bond donors (Lipinski definition) is 3. The van der Waals surface area contributed by atoms with E-state index in [1.54, 1.807) is 6.07 Å². The number of likely N-dealkylation sites (N-methyl/N-ethyl adjacent to an activating group) is 1. The molecule has 1 aromatic carbocycles. The standard InChI is InChI=1S/C18H29N3O5S.ClH/c1-14(19-2)13-20-18(22)6-4-3-5-9-21-27(23,24)15-7-8-16-17(12-15)26-11-10-25-16;/h7-8,12,14,19,21H,3-6,9-11,13H2,1-2H3,(H,20,22);1H. The van der Waals surface area contributed by atoms with Crippen molar-refractivity contribution < 1.29 is 22.7 Å². The first-order chi connectivity index (χ1) is 12.9. The number of fused-ring (bicyclic) bond motifs is 1. The van der Waals surface area contributed by atoms with Crippen molar-refractivity contribution in [3.8, 4) is 11.5 Å². The van der Waals surface area contributed by atoms with Crippen molar-refractivity contribution in [3.63, 3.8) is 0 Å². The summed E-state index contributed by atoms with van der Waals surface area (Å²) in [6.45, 7) is 3.79. The van der Waals surface area contributed by atoms with Crippen LogP contribution < -0.4 is 24.8 Å². The van der Waals surface area contributed by atoms with Crippen molar-refractivity contribution in [1.29, 1.82) is 0 Å². The maximum absolute atomic E-state index is 12.4. The average Bonchev–Trinajstić information content (AvgIpc) is 2.68. The third-order valence-electron chi connectivity index (χ3n) is 4.29. The lowest BCUT2D eigenvalue weighted by Crippen LogP contribution is -2.37. The Kier molecular flexibility index (Phi) is 10.6. The van der Waals surface area contributed by atoms with Gasteiger partial charge in [-0.3, -0.25) is 4.79 Å². The molecule has 1 aromatic rings. The summed E-state index contributed by atoms with van der Waals surface area (Å²) in [5.41, 5.74) is 0. The molecule has 10 heteroatoms. The highest BCUT2D eigenvalue weighted by Crippen LogP contribution is 2.32. The van der Waals surface area contributed by atoms with Gasteiger partial charge in [-0.15, -0.1) is 12.4 Å². The first-order valence-corrected chi connectivity index (χ1v) is 10.7. The molecule has 160 valence electrons. The van der Waals surface area contributed by atoms with Gasteiger partial charge in [-0.25, -0.2) is 13.1 Å². The summed E-state index contributed by atoms with van der Waals surface area (Å²) in [5, 5.41) is 5.91. The third kappa shape index (κ3) is 7.83. The van der Waals surface area contributed by atoms with Gasteiger partial charge < -0.3 is 20.1 Å². The van der Waals surface area contributed by atoms with Gasteiger partial charge in [0.05, 0.1) is 4.90 Å². The highest BCUT2D eigenvalue weighted by molar-refractivity contribution is 7.89. The number of nitrogens with one attached hydrogen (secondary N) is 3. The van der Waals surface area contributed by atoms with Crippen molar-refractivity contribution >= 4 is 28.3 Å². The lowest BCUT2D eigenvalue weighted by Gasteiger charge is -2.18. The zero-order chi connectivity index (χ0) is 19.7. The first kappa shape index (κ1) is 24.5. The second-order valence-electron chi connectivity index (χ2n) is 6.51. The quantitative estimate of drug-likeness (QED) is 0.454. The van der Waals surface area contributed by atoms with E-state index >= 15 is 0 Å². The number of carbonyl (C=O) groups is 1. The van der Waals surface area contributed by atoms with E-state index < -0.39 is 10.0 Å². The highest BCUT2D eigenvalue weighted by Gasteiger charge is 2.18. The topological polar surface area (TPSA) is 106 Å². The van der Waals surface area contributed by atoms with Crippen molar-refractivity contribution in [1.82, 2.24) is 15.4 Å². The second-order valence-corrected chi connectivity index (χ2v) is 8.27. The van der Waals surface area contributed by atoms with E-state index in [9.17, 15) is 13.2 Å². The van der Waals surface area contributed by atoms with Crippen LogP contribution in [0.2, 0.25) is 0 Å². The summed E-state index contributed by atoms with van der Waals surface area (Å²) in [6.07, 6.45) is 2.62. The van der Waals surface area contributed by atoms with E-state index in [1.807, 2.05) is 14.0 Å². The zero-order valence-corrected chi connectivity index (χ0v) is 18.0. The molecule has 0 saturated heterocycles. The molecule has 0 fully saturated rings. The molecule has 1 unspecified atom stereocenters. The Balaban J connectivity index is 0.00000392. The molecular weight excluding hydrogens is 406 g/mol. The van der Waals surface area contributed by atoms with Crippen LogP contribution in [0, 0.1) is 0 Å². The molecule has 0 aliphatic carbocycles. The van der Waals surface area contributed by atoms with Crippen LogP contribution >= 0.6 is 12.4 Å². The van der Waals surface area contributed by atoms with Gasteiger partial charge in [-0.2, -0.15) is 0 Å². The number of unbranched alkanes of at least 4 members (excludes halogenated alkanes) is 2. The van der Waals surface area contributed by atoms with Gasteiger partial charge >= 0.3 is 0 Å². The molecule has 0 aromatic heterocycles. The van der Waals surface area contributed by atoms with E-state index in [4.69, 9.17) is 9.47 Å². The normalized spacial score (nSPS) is 14.1. The second kappa shape index (κ2) is 12.1. The fraction of sp³-hybridized carbons (Fsp3) is 0.611. The molecule has 8 nitrogen and oxygen atoms in total. The number of hydrogen-bond acceptors (Lipinski definition) is 6. The predicted octanol–water partition coefficient (Wildman–Crippen LogP) is 1.44. The number of ether oxygens (including phenoxy) is 2. The molecule has 0 radical (unpaired) electrons. The summed E-state index contributed by atoms with van der Waals surface area (Å²) in [7, 11) is -1.74. The Bertz CT molecular complexity index is 730. The van der Waals surface area contributed by atoms with E-state index in [-0.39, 0.29) is 29.3 Å². The number of amides is 1. The summed E-state index contributed by atoms with van der Waals surface area (Å²) in [4.78, 5) is 11.8. The maximum atomic E-state index is 12.4. The SMILES string of the molecule is CNC(C)CNC(=O)CCCCCNS(=O)(=O)c1ccc2c(c1)OCCO2.Cl. The Morgan fingerprint density at radius 3 is 2.57 bits per heavy atom. The third-order valence-corrected chi connectivity index (χ3v) is 5.75. The number of sulfonamides is 1. The van der Waals surface area contributed by atoms with Crippen LogP contribution in [0.1, 0.15) is 32.6 Å². The van der Waals surface area contributed by atoms with Crippen LogP contribution in [0.3, 0.4) is 0 Å². The van der Waals surface area contributed by atoms with Crippen LogP contribution in [0.15, 0.2) is 23.1 Å². The van der Waals surface area contributed by atoms with Crippen molar-refractivity contribution in [3.05, 3.63) is 18.2 Å². The smallest absolute Gasteiger partial charge is 0.240 e. The van der Waals surface area contributed by atoms with Crippen molar-refractivity contribution in [2.45, 2.75) is 43.5 Å². The van der Waals surface area contributed by atoms with E-state index in [2.05, 4.69) is 15.4 Å². The monoisotopic (exact) mass is 435 g/mol. The van der Waals surface area contributed by atoms with Crippen LogP contribution in [-0.2, 0) is 14.8 Å². The number of rotatable bonds is 11. The lowest BCUT2D eigenvalue weighted by atomic mass is 10.2. The van der Waals surface area contributed by atoms with Gasteiger partial charge in [0.2, 0.25) is 15.9 Å². The fourth-order valence-electron chi connectivity index (χ4n) is 2.53. The predicted molar refractivity (Wildman–Crippen MR) is 110 cm³/mol. The molecule has 1 heterocycles. The Hall–Kier alpha value is -1.55. The first-order valence-electron chi connectivity index (χ1n) is 9.25. The van der Waals surface area contributed by atoms with Gasteiger partial charge in [-0.1, -0.05) is 6.42 Å². The molecule has 1 aliphatic heterocycles. The minimum atomic E-state index is -3.59. The number of halogens is 1. The van der Waals surface area contributed by atoms with Gasteiger partial charge in [0, 0.05) is 31.6 Å². The molecular formula is C18H30ClN3O5S. The van der Waals surface area contributed by atoms with Gasteiger partial charge in [0.15, 0.2) is 11.5 Å². The molecule has 1 amide bonds. The largest absolute Gasteiger partial charge is 0.486 e. The summed E-state index contributed by atoms with van der Waals surface area (Å²) in [5.74, 6) is 1.03. The van der Waals surface area contributed by atoms with Crippen LogP contribution in [-0.4, -0.2) is 53.7 Å². The van der Waals surface area contributed by atoms with E-state index in [0.29, 0.717) is 50.6 Å². The van der Waals surface area contributed by atoms with Crippen LogP contribution in [0.5, 0.6) is 11.5 Å². The van der Waals surface area contributed by atoms with Gasteiger partial charge in [0.25, 0.3) is 0 Å². The summed E-state index contributed by atoms with van der Waals surface area (Å²) in [6, 6.07) is 4.83. The molecule has 0 saturated carbocycles. The maximum Gasteiger partial charge on any atom is 0.240 e. The number of benzene rings is 1. The Morgan fingerprint density at radius 1 is 1.14 bits per heavy atom. The lowest BCUT2D eigenvalue weighted by molar-refractivity contribution is -0.121. The van der Waals surface area contributed by atoms with E-state index in [1.165, 1.54) is 12.1 Å². The highest BCUT2D eigenvalue weighted by atomic mass is 35.5. The van der Waals surface area contributed by atoms with Crippen molar-refractivity contribution in [2.24, 2.45) is 0 Å². The summed E-state index contributed by atoms with van der Waals surface area (Å²) >= 11 is 0. The average molecular weight is 436 g/mol. The molecule has 1 aliphatic rings. The van der Waals surface area contributed by atoms with Crippen molar-refractivity contribution in [2.75, 3.05) is 33.4 Å². The molecule has 3 N–H and O–H groups in total. The van der Waals surface area contributed by atoms with E-state index in [0.717, 1.165) is 12.8 Å². The van der Waals surface area contributed by atoms with Crippen LogP contribution in [0.25, 0.3) is 0 Å². The molecule has 28 heavy (non-hydrogen) atoms. The van der Waals surface area contributed by atoms with Crippen LogP contribution in [0.4, 0.5) is 0 Å². The molecule has 0 spiro atoms. The minimum Gasteiger partial charge on any atom is -0.486 e. The number of carbonyl (C=O) groups excluding carboxylic acids is 1. The Labute approximate surface area is 173 Å². The van der Waals surface area contributed by atoms with Gasteiger partial charge in [-0.05, 0) is 38.9 Å². The molecule has 1 atom stereocenters. The fourth-order valence-corrected chi connectivity index (χ4v) is 3.61. The Morgan fingerprint density at radius 2 is 1.86 bits per heavy atom. The minimum absolute atomic E-state index is 0. The molecule has 0 bridgehead atoms.